The average Bonchev–Trinajstić information content (AvgIpc) is 3.25. The predicted molar refractivity (Wildman–Crippen MR) is 80.4 cm³/mol. The quantitative estimate of drug-likeness (QED) is 0.763. The van der Waals surface area contributed by atoms with E-state index in [1.165, 1.54) is 11.8 Å². The van der Waals surface area contributed by atoms with Gasteiger partial charge < -0.3 is 4.74 Å². The van der Waals surface area contributed by atoms with Crippen molar-refractivity contribution in [2.45, 2.75) is 30.6 Å². The Morgan fingerprint density at radius 3 is 2.90 bits per heavy atom. The summed E-state index contributed by atoms with van der Waals surface area (Å²) in [4.78, 5) is 0. The van der Waals surface area contributed by atoms with E-state index in [1.807, 2.05) is 18.2 Å². The van der Waals surface area contributed by atoms with E-state index in [0.717, 1.165) is 23.8 Å². The minimum absolute atomic E-state index is 0.320. The number of nitriles is 1. The maximum atomic E-state index is 8.69. The average molecular weight is 321 g/mol. The van der Waals surface area contributed by atoms with Crippen LogP contribution in [0.3, 0.4) is 0 Å². The van der Waals surface area contributed by atoms with Crippen LogP contribution in [-0.2, 0) is 6.61 Å². The van der Waals surface area contributed by atoms with Crippen molar-refractivity contribution in [1.29, 1.82) is 5.26 Å². The van der Waals surface area contributed by atoms with Gasteiger partial charge in [0.1, 0.15) is 12.4 Å². The van der Waals surface area contributed by atoms with E-state index < -0.39 is 0 Å². The normalized spacial score (nSPS) is 13.9. The summed E-state index contributed by atoms with van der Waals surface area (Å²) in [5.41, 5.74) is 0. The molecular weight excluding hydrogens is 308 g/mol. The smallest absolute Gasteiger partial charge is 0.192 e. The first kappa shape index (κ1) is 14.2. The third-order valence-corrected chi connectivity index (χ3v) is 4.23. The molecule has 0 aliphatic heterocycles. The van der Waals surface area contributed by atoms with Crippen molar-refractivity contribution in [2.75, 3.05) is 5.75 Å². The van der Waals surface area contributed by atoms with E-state index in [9.17, 15) is 0 Å². The zero-order valence-corrected chi connectivity index (χ0v) is 12.8. The monoisotopic (exact) mass is 320 g/mol. The summed E-state index contributed by atoms with van der Waals surface area (Å²) in [5, 5.41) is 18.4. The number of aromatic nitrogens is 3. The first-order valence-corrected chi connectivity index (χ1v) is 7.97. The number of nitrogens with zero attached hydrogens (tertiary/aromatic N) is 4. The molecule has 0 atom stereocenters. The summed E-state index contributed by atoms with van der Waals surface area (Å²) < 4.78 is 7.81. The van der Waals surface area contributed by atoms with Gasteiger partial charge in [-0.2, -0.15) is 5.26 Å². The third-order valence-electron chi connectivity index (χ3n) is 3.11. The molecule has 0 radical (unpaired) electrons. The number of hydrogen-bond donors (Lipinski definition) is 0. The molecule has 1 saturated carbocycles. The Morgan fingerprint density at radius 2 is 2.19 bits per heavy atom. The molecule has 0 saturated heterocycles. The van der Waals surface area contributed by atoms with Crippen LogP contribution in [0.5, 0.6) is 5.75 Å². The molecule has 1 heterocycles. The molecule has 0 N–H and O–H groups in total. The van der Waals surface area contributed by atoms with Gasteiger partial charge in [-0.15, -0.1) is 10.2 Å². The van der Waals surface area contributed by atoms with Gasteiger partial charge >= 0.3 is 0 Å². The van der Waals surface area contributed by atoms with Crippen LogP contribution in [0.4, 0.5) is 0 Å². The lowest BCUT2D eigenvalue weighted by atomic mass is 10.3. The Bertz CT molecular complexity index is 678. The molecule has 3 rings (SSSR count). The zero-order chi connectivity index (χ0) is 14.7. The van der Waals surface area contributed by atoms with Crippen molar-refractivity contribution in [3.63, 3.8) is 0 Å². The number of benzene rings is 1. The van der Waals surface area contributed by atoms with Gasteiger partial charge in [0.05, 0.1) is 16.8 Å². The molecule has 0 amide bonds. The van der Waals surface area contributed by atoms with Crippen LogP contribution in [0.25, 0.3) is 0 Å². The number of thioether (sulfide) groups is 1. The number of ether oxygens (including phenoxy) is 1. The van der Waals surface area contributed by atoms with Crippen LogP contribution in [-0.4, -0.2) is 20.5 Å². The van der Waals surface area contributed by atoms with Crippen molar-refractivity contribution in [2.24, 2.45) is 0 Å². The van der Waals surface area contributed by atoms with Crippen molar-refractivity contribution in [3.8, 4) is 11.8 Å². The number of para-hydroxylation sites is 1. The molecule has 21 heavy (non-hydrogen) atoms. The van der Waals surface area contributed by atoms with Gasteiger partial charge in [-0.25, -0.2) is 0 Å². The van der Waals surface area contributed by atoms with Gasteiger partial charge in [-0.3, -0.25) is 4.57 Å². The van der Waals surface area contributed by atoms with Crippen molar-refractivity contribution < 1.29 is 4.74 Å². The van der Waals surface area contributed by atoms with Crippen molar-refractivity contribution in [1.82, 2.24) is 14.8 Å². The number of rotatable bonds is 6. The molecule has 1 fully saturated rings. The summed E-state index contributed by atoms with van der Waals surface area (Å²) in [6, 6.07) is 9.90. The van der Waals surface area contributed by atoms with E-state index >= 15 is 0 Å². The summed E-state index contributed by atoms with van der Waals surface area (Å²) in [6.07, 6.45) is 2.24. The number of hydrogen-bond acceptors (Lipinski definition) is 5. The van der Waals surface area contributed by atoms with E-state index in [2.05, 4.69) is 20.8 Å². The topological polar surface area (TPSA) is 63.7 Å². The van der Waals surface area contributed by atoms with Crippen LogP contribution in [0.1, 0.15) is 24.7 Å². The molecule has 108 valence electrons. The van der Waals surface area contributed by atoms with Crippen LogP contribution in [0, 0.1) is 11.3 Å². The third kappa shape index (κ3) is 3.31. The molecule has 0 unspecified atom stereocenters. The Balaban J connectivity index is 1.75. The minimum Gasteiger partial charge on any atom is -0.484 e. The second-order valence-electron chi connectivity index (χ2n) is 4.67. The predicted octanol–water partition coefficient (Wildman–Crippen LogP) is 3.46. The summed E-state index contributed by atoms with van der Waals surface area (Å²) >= 11 is 7.48. The fraction of sp³-hybridized carbons (Fsp3) is 0.357. The van der Waals surface area contributed by atoms with Crippen LogP contribution < -0.4 is 4.74 Å². The minimum atomic E-state index is 0.320. The lowest BCUT2D eigenvalue weighted by Crippen LogP contribution is -2.07. The molecule has 0 spiro atoms. The zero-order valence-electron chi connectivity index (χ0n) is 11.2. The highest BCUT2D eigenvalue weighted by atomic mass is 35.5. The highest BCUT2D eigenvalue weighted by Crippen LogP contribution is 2.39. The molecule has 1 aromatic carbocycles. The highest BCUT2D eigenvalue weighted by molar-refractivity contribution is 7.99. The SMILES string of the molecule is N#CCSc1nnc(COc2ccccc2Cl)n1C1CC1. The summed E-state index contributed by atoms with van der Waals surface area (Å²) in [7, 11) is 0. The van der Waals surface area contributed by atoms with E-state index in [0.29, 0.717) is 29.2 Å². The van der Waals surface area contributed by atoms with E-state index in [1.54, 1.807) is 6.07 Å². The van der Waals surface area contributed by atoms with Crippen molar-refractivity contribution in [3.05, 3.63) is 35.1 Å². The second-order valence-corrected chi connectivity index (χ2v) is 6.02. The molecule has 2 aromatic rings. The maximum absolute atomic E-state index is 8.69. The Morgan fingerprint density at radius 1 is 1.38 bits per heavy atom. The Labute approximate surface area is 131 Å². The van der Waals surface area contributed by atoms with E-state index in [4.69, 9.17) is 21.6 Å². The second kappa shape index (κ2) is 6.37. The first-order chi connectivity index (χ1) is 10.3. The molecule has 1 aliphatic carbocycles. The first-order valence-electron chi connectivity index (χ1n) is 6.60. The molecule has 5 nitrogen and oxygen atoms in total. The largest absolute Gasteiger partial charge is 0.484 e. The van der Waals surface area contributed by atoms with Gasteiger partial charge in [0.2, 0.25) is 0 Å². The lowest BCUT2D eigenvalue weighted by molar-refractivity contribution is 0.288. The van der Waals surface area contributed by atoms with Gasteiger partial charge in [-0.05, 0) is 25.0 Å². The molecule has 0 bridgehead atoms. The standard InChI is InChI=1S/C14H13ClN4OS/c15-11-3-1-2-4-12(11)20-9-13-17-18-14(21-8-7-16)19(13)10-5-6-10/h1-4,10H,5-6,8-9H2. The maximum Gasteiger partial charge on any atom is 0.192 e. The van der Waals surface area contributed by atoms with E-state index in [-0.39, 0.29) is 0 Å². The van der Waals surface area contributed by atoms with Crippen molar-refractivity contribution >= 4 is 23.4 Å². The lowest BCUT2D eigenvalue weighted by Gasteiger charge is -2.10. The fourth-order valence-electron chi connectivity index (χ4n) is 2.00. The molecular formula is C14H13ClN4OS. The van der Waals surface area contributed by atoms with Gasteiger partial charge in [-0.1, -0.05) is 35.5 Å². The Kier molecular flexibility index (Phi) is 4.32. The summed E-state index contributed by atoms with van der Waals surface area (Å²) in [6.45, 7) is 0.320. The summed E-state index contributed by atoms with van der Waals surface area (Å²) in [5.74, 6) is 1.78. The Hall–Kier alpha value is -1.71. The fourth-order valence-corrected chi connectivity index (χ4v) is 2.88. The van der Waals surface area contributed by atoms with Crippen LogP contribution in [0.15, 0.2) is 29.4 Å². The van der Waals surface area contributed by atoms with Crippen LogP contribution >= 0.6 is 23.4 Å². The highest BCUT2D eigenvalue weighted by Gasteiger charge is 2.29. The van der Waals surface area contributed by atoms with Gasteiger partial charge in [0.25, 0.3) is 0 Å². The molecule has 7 heteroatoms. The molecule has 1 aliphatic rings. The van der Waals surface area contributed by atoms with Gasteiger partial charge in [0, 0.05) is 6.04 Å². The molecule has 1 aromatic heterocycles. The number of halogens is 1. The van der Waals surface area contributed by atoms with Crippen LogP contribution in [0.2, 0.25) is 5.02 Å². The van der Waals surface area contributed by atoms with Gasteiger partial charge in [0.15, 0.2) is 11.0 Å².